The molecular weight excluding hydrogens is 316 g/mol. The molecule has 0 radical (unpaired) electrons. The number of aryl methyl sites for hydroxylation is 1. The van der Waals surface area contributed by atoms with Crippen molar-refractivity contribution in [1.82, 2.24) is 4.98 Å². The summed E-state index contributed by atoms with van der Waals surface area (Å²) >= 11 is 4.92. The number of rotatable bonds is 4. The second kappa shape index (κ2) is 5.49. The summed E-state index contributed by atoms with van der Waals surface area (Å²) in [5, 5.41) is 13.2. The number of halogens is 1. The van der Waals surface area contributed by atoms with Gasteiger partial charge in [0.1, 0.15) is 0 Å². The van der Waals surface area contributed by atoms with Gasteiger partial charge in [0.05, 0.1) is 17.1 Å². The summed E-state index contributed by atoms with van der Waals surface area (Å²) in [6.07, 6.45) is 1.82. The molecule has 94 valence electrons. The molecule has 0 saturated heterocycles. The van der Waals surface area contributed by atoms with Gasteiger partial charge in [-0.25, -0.2) is 9.78 Å². The van der Waals surface area contributed by atoms with Gasteiger partial charge in [-0.05, 0) is 25.1 Å². The lowest BCUT2D eigenvalue weighted by atomic mass is 10.2. The maximum absolute atomic E-state index is 10.9. The highest BCUT2D eigenvalue weighted by Crippen LogP contribution is 2.21. The fraction of sp³-hybridized carbons (Fsp3) is 0.167. The van der Waals surface area contributed by atoms with Gasteiger partial charge in [-0.2, -0.15) is 0 Å². The molecule has 0 aliphatic heterocycles. The Kier molecular flexibility index (Phi) is 3.98. The van der Waals surface area contributed by atoms with Gasteiger partial charge in [0.2, 0.25) is 0 Å². The fourth-order valence-corrected chi connectivity index (χ4v) is 2.72. The number of carboxylic acids is 1. The predicted octanol–water partition coefficient (Wildman–Crippen LogP) is 3.52. The quantitative estimate of drug-likeness (QED) is 0.902. The third-order valence-electron chi connectivity index (χ3n) is 2.28. The van der Waals surface area contributed by atoms with Crippen LogP contribution in [-0.4, -0.2) is 16.1 Å². The Hall–Kier alpha value is -1.40. The van der Waals surface area contributed by atoms with Gasteiger partial charge in [-0.15, -0.1) is 11.3 Å². The summed E-state index contributed by atoms with van der Waals surface area (Å²) in [6.45, 7) is 2.59. The minimum atomic E-state index is -0.937. The van der Waals surface area contributed by atoms with Crippen LogP contribution in [0.25, 0.3) is 0 Å². The number of nitrogens with one attached hydrogen (secondary N) is 1. The van der Waals surface area contributed by atoms with E-state index in [0.717, 1.165) is 20.0 Å². The molecule has 2 aromatic rings. The number of thiazole rings is 1. The smallest absolute Gasteiger partial charge is 0.335 e. The van der Waals surface area contributed by atoms with Crippen LogP contribution in [0.1, 0.15) is 20.2 Å². The maximum Gasteiger partial charge on any atom is 0.335 e. The van der Waals surface area contributed by atoms with E-state index in [0.29, 0.717) is 6.54 Å². The van der Waals surface area contributed by atoms with Crippen LogP contribution in [0.3, 0.4) is 0 Å². The maximum atomic E-state index is 10.9. The molecule has 0 fully saturated rings. The highest BCUT2D eigenvalue weighted by Gasteiger charge is 2.06. The molecule has 0 saturated carbocycles. The molecule has 2 rings (SSSR count). The second-order valence-electron chi connectivity index (χ2n) is 3.73. The molecule has 0 amide bonds. The second-order valence-corrected chi connectivity index (χ2v) is 5.97. The van der Waals surface area contributed by atoms with Gasteiger partial charge in [-0.3, -0.25) is 0 Å². The molecule has 1 aromatic carbocycles. The fourth-order valence-electron chi connectivity index (χ4n) is 1.49. The SMILES string of the molecule is Cc1ncc(CNc2cc(Br)cc(C(=O)O)c2)s1. The summed E-state index contributed by atoms with van der Waals surface area (Å²) in [6, 6.07) is 5.03. The molecule has 0 atom stereocenters. The Bertz CT molecular complexity index is 583. The number of hydrogen-bond donors (Lipinski definition) is 2. The zero-order valence-corrected chi connectivity index (χ0v) is 12.0. The third-order valence-corrected chi connectivity index (χ3v) is 3.65. The summed E-state index contributed by atoms with van der Waals surface area (Å²) < 4.78 is 0.741. The number of anilines is 1. The van der Waals surface area contributed by atoms with Gasteiger partial charge in [-0.1, -0.05) is 15.9 Å². The molecule has 2 N–H and O–H groups in total. The average molecular weight is 327 g/mol. The van der Waals surface area contributed by atoms with Crippen LogP contribution in [0.5, 0.6) is 0 Å². The summed E-state index contributed by atoms with van der Waals surface area (Å²) in [7, 11) is 0. The molecule has 4 nitrogen and oxygen atoms in total. The molecule has 6 heteroatoms. The summed E-state index contributed by atoms with van der Waals surface area (Å²) in [4.78, 5) is 16.2. The number of hydrogen-bond acceptors (Lipinski definition) is 4. The zero-order valence-electron chi connectivity index (χ0n) is 9.61. The number of carbonyl (C=O) groups is 1. The van der Waals surface area contributed by atoms with Crippen molar-refractivity contribution in [1.29, 1.82) is 0 Å². The van der Waals surface area contributed by atoms with Crippen LogP contribution in [0.15, 0.2) is 28.9 Å². The Morgan fingerprint density at radius 1 is 1.50 bits per heavy atom. The van der Waals surface area contributed by atoms with Crippen molar-refractivity contribution in [2.75, 3.05) is 5.32 Å². The normalized spacial score (nSPS) is 10.3. The van der Waals surface area contributed by atoms with Crippen molar-refractivity contribution in [2.45, 2.75) is 13.5 Å². The van der Waals surface area contributed by atoms with Crippen molar-refractivity contribution in [3.8, 4) is 0 Å². The largest absolute Gasteiger partial charge is 0.478 e. The summed E-state index contributed by atoms with van der Waals surface area (Å²) in [5.41, 5.74) is 1.03. The molecule has 0 aliphatic rings. The lowest BCUT2D eigenvalue weighted by Crippen LogP contribution is -2.01. The monoisotopic (exact) mass is 326 g/mol. The van der Waals surface area contributed by atoms with Crippen LogP contribution in [0, 0.1) is 6.92 Å². The molecule has 0 unspecified atom stereocenters. The van der Waals surface area contributed by atoms with Crippen molar-refractivity contribution >= 4 is 38.9 Å². The molecule has 0 bridgehead atoms. The Balaban J connectivity index is 2.11. The van der Waals surface area contributed by atoms with E-state index in [-0.39, 0.29) is 5.56 Å². The van der Waals surface area contributed by atoms with Crippen LogP contribution in [0.4, 0.5) is 5.69 Å². The van der Waals surface area contributed by atoms with Gasteiger partial charge in [0.25, 0.3) is 0 Å². The van der Waals surface area contributed by atoms with Gasteiger partial charge in [0.15, 0.2) is 0 Å². The first-order valence-electron chi connectivity index (χ1n) is 5.23. The van der Waals surface area contributed by atoms with E-state index >= 15 is 0 Å². The molecule has 1 heterocycles. The molecule has 18 heavy (non-hydrogen) atoms. The lowest BCUT2D eigenvalue weighted by Gasteiger charge is -2.06. The van der Waals surface area contributed by atoms with Crippen LogP contribution in [0.2, 0.25) is 0 Å². The van der Waals surface area contributed by atoms with E-state index in [4.69, 9.17) is 5.11 Å². The number of carboxylic acid groups (broad SMARTS) is 1. The van der Waals surface area contributed by atoms with E-state index in [9.17, 15) is 4.79 Å². The molecule has 0 spiro atoms. The van der Waals surface area contributed by atoms with E-state index in [1.165, 1.54) is 0 Å². The first-order chi connectivity index (χ1) is 8.54. The van der Waals surface area contributed by atoms with E-state index in [2.05, 4.69) is 26.2 Å². The first kappa shape index (κ1) is 13.0. The third kappa shape index (κ3) is 3.30. The topological polar surface area (TPSA) is 62.2 Å². The van der Waals surface area contributed by atoms with Gasteiger partial charge in [0, 0.05) is 21.2 Å². The zero-order chi connectivity index (χ0) is 13.1. The van der Waals surface area contributed by atoms with Crippen LogP contribution >= 0.6 is 27.3 Å². The Labute approximate surface area is 117 Å². The van der Waals surface area contributed by atoms with Crippen molar-refractivity contribution < 1.29 is 9.90 Å². The van der Waals surface area contributed by atoms with E-state index in [1.54, 1.807) is 23.5 Å². The highest BCUT2D eigenvalue weighted by molar-refractivity contribution is 9.10. The van der Waals surface area contributed by atoms with Gasteiger partial charge >= 0.3 is 5.97 Å². The molecule has 0 aliphatic carbocycles. The van der Waals surface area contributed by atoms with Crippen molar-refractivity contribution in [3.05, 3.63) is 44.3 Å². The molecular formula is C12H11BrN2O2S. The van der Waals surface area contributed by atoms with E-state index < -0.39 is 5.97 Å². The van der Waals surface area contributed by atoms with Crippen molar-refractivity contribution in [2.24, 2.45) is 0 Å². The number of aromatic carboxylic acids is 1. The first-order valence-corrected chi connectivity index (χ1v) is 6.84. The van der Waals surface area contributed by atoms with Crippen LogP contribution < -0.4 is 5.32 Å². The Morgan fingerprint density at radius 2 is 2.28 bits per heavy atom. The van der Waals surface area contributed by atoms with E-state index in [1.807, 2.05) is 19.2 Å². The van der Waals surface area contributed by atoms with Crippen LogP contribution in [-0.2, 0) is 6.54 Å². The number of aromatic nitrogens is 1. The molecule has 1 aromatic heterocycles. The average Bonchev–Trinajstić information content (AvgIpc) is 2.72. The number of nitrogens with zero attached hydrogens (tertiary/aromatic N) is 1. The van der Waals surface area contributed by atoms with Crippen molar-refractivity contribution in [3.63, 3.8) is 0 Å². The lowest BCUT2D eigenvalue weighted by molar-refractivity contribution is 0.0697. The minimum Gasteiger partial charge on any atom is -0.478 e. The van der Waals surface area contributed by atoms with Gasteiger partial charge < -0.3 is 10.4 Å². The Morgan fingerprint density at radius 3 is 2.89 bits per heavy atom. The minimum absolute atomic E-state index is 0.257. The number of benzene rings is 1. The highest BCUT2D eigenvalue weighted by atomic mass is 79.9. The standard InChI is InChI=1S/C12H11BrN2O2S/c1-7-14-5-11(18-7)6-15-10-3-8(12(16)17)2-9(13)4-10/h2-5,15H,6H2,1H3,(H,16,17). The summed E-state index contributed by atoms with van der Waals surface area (Å²) in [5.74, 6) is -0.937. The predicted molar refractivity (Wildman–Crippen MR) is 75.3 cm³/mol.